The zero-order chi connectivity index (χ0) is 16.4. The van der Waals surface area contributed by atoms with Crippen molar-refractivity contribution in [2.45, 2.75) is 5.75 Å². The van der Waals surface area contributed by atoms with Crippen LogP contribution in [0.2, 0.25) is 0 Å². The van der Waals surface area contributed by atoms with E-state index in [1.165, 1.54) is 11.8 Å². The fraction of sp³-hybridized carbons (Fsp3) is 0.118. The van der Waals surface area contributed by atoms with Crippen LogP contribution in [0.3, 0.4) is 0 Å². The number of ketones is 1. The van der Waals surface area contributed by atoms with E-state index in [9.17, 15) is 15.2 Å². The van der Waals surface area contributed by atoms with Crippen LogP contribution in [0, 0.1) is 10.4 Å². The summed E-state index contributed by atoms with van der Waals surface area (Å²) < 4.78 is 1.26. The van der Waals surface area contributed by atoms with E-state index in [2.05, 4.69) is 0 Å². The number of benzene rings is 2. The van der Waals surface area contributed by atoms with Gasteiger partial charge in [0.2, 0.25) is 0 Å². The van der Waals surface area contributed by atoms with Crippen molar-refractivity contribution < 1.29 is 14.3 Å². The maximum atomic E-state index is 12.8. The van der Waals surface area contributed by atoms with E-state index < -0.39 is 5.78 Å². The van der Waals surface area contributed by atoms with E-state index in [-0.39, 0.29) is 28.2 Å². The normalized spacial score (nSPS) is 10.8. The summed E-state index contributed by atoms with van der Waals surface area (Å²) in [6.07, 6.45) is 1.82. The van der Waals surface area contributed by atoms with Gasteiger partial charge in [-0.15, -0.1) is 0 Å². The first-order valence-corrected chi connectivity index (χ1v) is 8.40. The van der Waals surface area contributed by atoms with Crippen molar-refractivity contribution in [1.82, 2.24) is 0 Å². The molecule has 0 amide bonds. The van der Waals surface area contributed by atoms with E-state index in [0.29, 0.717) is 15.0 Å². The van der Waals surface area contributed by atoms with E-state index in [4.69, 9.17) is 0 Å². The maximum absolute atomic E-state index is 12.8. The fourth-order valence-corrected chi connectivity index (χ4v) is 3.03. The summed E-state index contributed by atoms with van der Waals surface area (Å²) in [7, 11) is 0. The first kappa shape index (κ1) is 15.3. The molecule has 0 aliphatic carbocycles. The molecule has 0 fully saturated rings. The Morgan fingerprint density at radius 2 is 1.52 bits per heavy atom. The zero-order valence-electron chi connectivity index (χ0n) is 12.4. The molecule has 116 valence electrons. The van der Waals surface area contributed by atoms with Gasteiger partial charge in [-0.25, -0.2) is 0 Å². The van der Waals surface area contributed by atoms with E-state index in [0.717, 1.165) is 0 Å². The Morgan fingerprint density at radius 3 is 2.13 bits per heavy atom. The molecular weight excluding hydrogens is 312 g/mol. The second kappa shape index (κ2) is 6.26. The second-order valence-corrected chi connectivity index (χ2v) is 5.87. The Labute approximate surface area is 137 Å². The van der Waals surface area contributed by atoms with Gasteiger partial charge in [-0.05, 0) is 6.26 Å². The summed E-state index contributed by atoms with van der Waals surface area (Å²) in [6.45, 7) is 0. The van der Waals surface area contributed by atoms with E-state index >= 15 is 0 Å². The molecule has 0 bridgehead atoms. The van der Waals surface area contributed by atoms with Gasteiger partial charge < -0.3 is 10.4 Å². The first-order valence-electron chi connectivity index (χ1n) is 7.00. The number of carbonyl (C=O) groups is 1. The molecule has 23 heavy (non-hydrogen) atoms. The molecule has 0 atom stereocenters. The highest BCUT2D eigenvalue weighted by atomic mass is 32.2. The van der Waals surface area contributed by atoms with Crippen molar-refractivity contribution in [3.63, 3.8) is 0 Å². The van der Waals surface area contributed by atoms with Crippen molar-refractivity contribution in [2.24, 2.45) is 0 Å². The molecule has 0 unspecified atom stereocenters. The highest BCUT2D eigenvalue weighted by Crippen LogP contribution is 2.16. The summed E-state index contributed by atoms with van der Waals surface area (Å²) in [4.78, 5) is 12.8. The molecule has 2 aromatic carbocycles. The Morgan fingerprint density at radius 1 is 0.957 bits per heavy atom. The number of carbonyl (C=O) groups excluding carboxylic acids is 1. The molecule has 0 saturated heterocycles. The molecule has 1 aromatic heterocycles. The smallest absolute Gasteiger partial charge is 0.335 e. The number of hydrogen-bond acceptors (Lipinski definition) is 4. The zero-order valence-corrected chi connectivity index (χ0v) is 13.2. The number of para-hydroxylation sites is 2. The Balaban J connectivity index is 2.32. The fourth-order valence-electron chi connectivity index (χ4n) is 2.50. The predicted molar refractivity (Wildman–Crippen MR) is 89.0 cm³/mol. The van der Waals surface area contributed by atoms with Crippen molar-refractivity contribution in [1.29, 1.82) is 0 Å². The third kappa shape index (κ3) is 2.61. The van der Waals surface area contributed by atoms with Crippen molar-refractivity contribution in [3.05, 3.63) is 82.0 Å². The van der Waals surface area contributed by atoms with Crippen molar-refractivity contribution in [2.75, 3.05) is 6.26 Å². The number of aromatic nitrogens is 2. The van der Waals surface area contributed by atoms with E-state index in [1.807, 2.05) is 6.26 Å². The van der Waals surface area contributed by atoms with Crippen LogP contribution in [0.15, 0.2) is 54.6 Å². The molecule has 5 nitrogen and oxygen atoms in total. The average molecular weight is 326 g/mol. The molecule has 0 aliphatic heterocycles. The molecular formula is C17H14N2O3S. The molecule has 0 aliphatic rings. The number of thioether (sulfide) groups is 1. The predicted octanol–water partition coefficient (Wildman–Crippen LogP) is 2.20. The third-order valence-corrected chi connectivity index (χ3v) is 4.14. The largest absolute Gasteiger partial charge is 0.618 e. The van der Waals surface area contributed by atoms with Gasteiger partial charge in [0.15, 0.2) is 0 Å². The summed E-state index contributed by atoms with van der Waals surface area (Å²) in [5, 5.41) is 25.4. The van der Waals surface area contributed by atoms with Crippen LogP contribution in [-0.2, 0) is 5.75 Å². The number of fused-ring (bicyclic) bond motifs is 1. The summed E-state index contributed by atoms with van der Waals surface area (Å²) >= 11 is 1.39. The van der Waals surface area contributed by atoms with Crippen LogP contribution < -0.4 is 9.46 Å². The molecule has 0 N–H and O–H groups in total. The van der Waals surface area contributed by atoms with Crippen LogP contribution in [0.1, 0.15) is 21.7 Å². The van der Waals surface area contributed by atoms with E-state index in [1.54, 1.807) is 54.6 Å². The Hall–Kier alpha value is -2.60. The summed E-state index contributed by atoms with van der Waals surface area (Å²) in [6, 6.07) is 15.0. The minimum Gasteiger partial charge on any atom is -0.618 e. The van der Waals surface area contributed by atoms with Gasteiger partial charge in [0, 0.05) is 17.7 Å². The van der Waals surface area contributed by atoms with Gasteiger partial charge in [0.1, 0.15) is 0 Å². The molecule has 3 rings (SSSR count). The summed E-state index contributed by atoms with van der Waals surface area (Å²) in [5.41, 5.74) is 0.900. The Bertz CT molecular complexity index is 882. The third-order valence-electron chi connectivity index (χ3n) is 3.57. The molecule has 3 aromatic rings. The van der Waals surface area contributed by atoms with Crippen LogP contribution in [0.4, 0.5) is 0 Å². The molecule has 0 saturated carbocycles. The monoisotopic (exact) mass is 326 g/mol. The average Bonchev–Trinajstić information content (AvgIpc) is 2.60. The number of hydrogen-bond donors (Lipinski definition) is 0. The molecule has 6 heteroatoms. The van der Waals surface area contributed by atoms with Crippen LogP contribution in [0.25, 0.3) is 11.0 Å². The van der Waals surface area contributed by atoms with Gasteiger partial charge in [-0.1, -0.05) is 42.5 Å². The minimum absolute atomic E-state index is 0.112. The van der Waals surface area contributed by atoms with Gasteiger partial charge in [0.05, 0.1) is 5.75 Å². The highest BCUT2D eigenvalue weighted by molar-refractivity contribution is 7.97. The lowest BCUT2D eigenvalue weighted by atomic mass is 10.1. The lowest BCUT2D eigenvalue weighted by molar-refractivity contribution is -0.635. The van der Waals surface area contributed by atoms with Gasteiger partial charge >= 0.3 is 5.69 Å². The standard InChI is InChI=1S/C17H14N2O3S/c1-23-11-15-16(17(20)12-7-3-2-4-8-12)19(22)14-10-6-5-9-13(14)18(15)21/h2-10H,11H2,1H3. The molecule has 1 heterocycles. The van der Waals surface area contributed by atoms with Gasteiger partial charge in [-0.2, -0.15) is 21.2 Å². The highest BCUT2D eigenvalue weighted by Gasteiger charge is 2.33. The minimum atomic E-state index is -0.444. The molecule has 0 radical (unpaired) electrons. The first-order chi connectivity index (χ1) is 11.1. The second-order valence-electron chi connectivity index (χ2n) is 5.00. The van der Waals surface area contributed by atoms with Crippen LogP contribution in [0.5, 0.6) is 0 Å². The lowest BCUT2D eigenvalue weighted by Gasteiger charge is -2.12. The quantitative estimate of drug-likeness (QED) is 0.419. The van der Waals surface area contributed by atoms with Crippen molar-refractivity contribution >= 4 is 28.6 Å². The van der Waals surface area contributed by atoms with Crippen LogP contribution in [-0.4, -0.2) is 12.0 Å². The lowest BCUT2D eigenvalue weighted by Crippen LogP contribution is -2.47. The van der Waals surface area contributed by atoms with Crippen molar-refractivity contribution in [3.8, 4) is 0 Å². The van der Waals surface area contributed by atoms with Crippen LogP contribution >= 0.6 is 11.8 Å². The number of rotatable bonds is 4. The Kier molecular flexibility index (Phi) is 4.16. The SMILES string of the molecule is CSCc1c(C(=O)c2ccccc2)[n+]([O-])c2ccccc2[n+]1[O-]. The topological polar surface area (TPSA) is 71.0 Å². The molecule has 0 spiro atoms. The summed E-state index contributed by atoms with van der Waals surface area (Å²) in [5.74, 6) is -0.162. The van der Waals surface area contributed by atoms with Gasteiger partial charge in [-0.3, -0.25) is 4.79 Å². The maximum Gasteiger partial charge on any atom is 0.335 e. The van der Waals surface area contributed by atoms with Gasteiger partial charge in [0.25, 0.3) is 22.5 Å². The number of nitrogens with zero attached hydrogens (tertiary/aromatic N) is 2.